The van der Waals surface area contributed by atoms with Crippen LogP contribution >= 0.6 is 0 Å². The molecule has 1 saturated carbocycles. The van der Waals surface area contributed by atoms with E-state index in [-0.39, 0.29) is 6.61 Å². The van der Waals surface area contributed by atoms with Gasteiger partial charge in [-0.15, -0.1) is 0 Å². The zero-order valence-electron chi connectivity index (χ0n) is 10.9. The average Bonchev–Trinajstić information content (AvgIpc) is 3.21. The number of nitrogens with one attached hydrogen (secondary N) is 1. The SMILES string of the molecule is OCCCCCOc1ccccc1CNC1CC1. The van der Waals surface area contributed by atoms with Gasteiger partial charge in [0.15, 0.2) is 0 Å². The van der Waals surface area contributed by atoms with Crippen LogP contribution in [0, 0.1) is 0 Å². The molecule has 0 amide bonds. The molecule has 0 spiro atoms. The minimum Gasteiger partial charge on any atom is -0.493 e. The van der Waals surface area contributed by atoms with Gasteiger partial charge >= 0.3 is 0 Å². The average molecular weight is 249 g/mol. The predicted octanol–water partition coefficient (Wildman–Crippen LogP) is 2.48. The van der Waals surface area contributed by atoms with E-state index in [0.29, 0.717) is 0 Å². The summed E-state index contributed by atoms with van der Waals surface area (Å²) in [5, 5.41) is 12.2. The first-order chi connectivity index (χ1) is 8.90. The van der Waals surface area contributed by atoms with Crippen molar-refractivity contribution in [3.63, 3.8) is 0 Å². The third-order valence-corrected chi connectivity index (χ3v) is 3.19. The van der Waals surface area contributed by atoms with Crippen molar-refractivity contribution in [2.24, 2.45) is 0 Å². The van der Waals surface area contributed by atoms with Crippen molar-refractivity contribution in [3.05, 3.63) is 29.8 Å². The minimum atomic E-state index is 0.280. The molecule has 1 aliphatic carbocycles. The molecule has 0 atom stereocenters. The van der Waals surface area contributed by atoms with Gasteiger partial charge in [0, 0.05) is 24.8 Å². The molecule has 0 unspecified atom stereocenters. The Labute approximate surface area is 109 Å². The van der Waals surface area contributed by atoms with Crippen molar-refractivity contribution in [3.8, 4) is 5.75 Å². The number of ether oxygens (including phenoxy) is 1. The second-order valence-corrected chi connectivity index (χ2v) is 4.90. The summed E-state index contributed by atoms with van der Waals surface area (Å²) in [5.41, 5.74) is 1.24. The maximum Gasteiger partial charge on any atom is 0.123 e. The van der Waals surface area contributed by atoms with Gasteiger partial charge < -0.3 is 15.2 Å². The standard InChI is InChI=1S/C15H23NO2/c17-10-4-1-5-11-18-15-7-3-2-6-13(15)12-16-14-8-9-14/h2-3,6-7,14,16-17H,1,4-5,8-12H2. The summed E-state index contributed by atoms with van der Waals surface area (Å²) in [5.74, 6) is 0.995. The Morgan fingerprint density at radius 2 is 2.00 bits per heavy atom. The number of rotatable bonds is 9. The largest absolute Gasteiger partial charge is 0.493 e. The van der Waals surface area contributed by atoms with E-state index in [9.17, 15) is 0 Å². The van der Waals surface area contributed by atoms with E-state index in [1.807, 2.05) is 12.1 Å². The highest BCUT2D eigenvalue weighted by Gasteiger charge is 2.20. The van der Waals surface area contributed by atoms with Crippen LogP contribution in [-0.2, 0) is 6.54 Å². The Balaban J connectivity index is 1.74. The van der Waals surface area contributed by atoms with E-state index in [1.54, 1.807) is 0 Å². The van der Waals surface area contributed by atoms with Crippen molar-refractivity contribution >= 4 is 0 Å². The van der Waals surface area contributed by atoms with Gasteiger partial charge in [0.1, 0.15) is 5.75 Å². The molecule has 3 nitrogen and oxygen atoms in total. The molecule has 1 aromatic rings. The molecule has 2 rings (SSSR count). The van der Waals surface area contributed by atoms with Gasteiger partial charge in [0.2, 0.25) is 0 Å². The molecule has 0 aromatic heterocycles. The molecule has 0 saturated heterocycles. The molecule has 1 aliphatic rings. The number of unbranched alkanes of at least 4 members (excludes halogenated alkanes) is 2. The highest BCUT2D eigenvalue weighted by molar-refractivity contribution is 5.33. The van der Waals surface area contributed by atoms with Crippen LogP contribution in [0.2, 0.25) is 0 Å². The lowest BCUT2D eigenvalue weighted by molar-refractivity contribution is 0.265. The molecule has 3 heteroatoms. The summed E-state index contributed by atoms with van der Waals surface area (Å²) >= 11 is 0. The molecule has 18 heavy (non-hydrogen) atoms. The van der Waals surface area contributed by atoms with E-state index in [1.165, 1.54) is 18.4 Å². The van der Waals surface area contributed by atoms with Crippen LogP contribution < -0.4 is 10.1 Å². The summed E-state index contributed by atoms with van der Waals surface area (Å²) in [4.78, 5) is 0. The van der Waals surface area contributed by atoms with Crippen LogP contribution in [0.1, 0.15) is 37.7 Å². The number of hydrogen-bond donors (Lipinski definition) is 2. The Hall–Kier alpha value is -1.06. The summed E-state index contributed by atoms with van der Waals surface area (Å²) < 4.78 is 5.81. The van der Waals surface area contributed by atoms with Crippen LogP contribution in [0.15, 0.2) is 24.3 Å². The quantitative estimate of drug-likeness (QED) is 0.661. The molecular weight excluding hydrogens is 226 g/mol. The van der Waals surface area contributed by atoms with Crippen LogP contribution in [0.5, 0.6) is 5.75 Å². The number of aliphatic hydroxyl groups is 1. The molecule has 100 valence electrons. The molecule has 1 aromatic carbocycles. The highest BCUT2D eigenvalue weighted by atomic mass is 16.5. The second kappa shape index (κ2) is 7.39. The zero-order valence-corrected chi connectivity index (χ0v) is 10.9. The molecule has 0 bridgehead atoms. The second-order valence-electron chi connectivity index (χ2n) is 4.90. The van der Waals surface area contributed by atoms with Crippen molar-refractivity contribution in [2.45, 2.75) is 44.7 Å². The predicted molar refractivity (Wildman–Crippen MR) is 72.7 cm³/mol. The first-order valence-electron chi connectivity index (χ1n) is 6.95. The van der Waals surface area contributed by atoms with Gasteiger partial charge in [0.05, 0.1) is 6.61 Å². The molecule has 1 fully saturated rings. The maximum atomic E-state index is 8.71. The summed E-state index contributed by atoms with van der Waals surface area (Å²) in [7, 11) is 0. The summed E-state index contributed by atoms with van der Waals surface area (Å²) in [6, 6.07) is 8.96. The molecule has 2 N–H and O–H groups in total. The lowest BCUT2D eigenvalue weighted by Crippen LogP contribution is -2.16. The van der Waals surface area contributed by atoms with Crippen molar-refractivity contribution < 1.29 is 9.84 Å². The molecule has 0 heterocycles. The fourth-order valence-electron chi connectivity index (χ4n) is 1.91. The van der Waals surface area contributed by atoms with Gasteiger partial charge in [-0.05, 0) is 38.2 Å². The Bertz CT molecular complexity index is 350. The molecule has 0 radical (unpaired) electrons. The van der Waals surface area contributed by atoms with Gasteiger partial charge in [-0.3, -0.25) is 0 Å². The van der Waals surface area contributed by atoms with Crippen LogP contribution in [0.3, 0.4) is 0 Å². The Morgan fingerprint density at radius 1 is 1.17 bits per heavy atom. The fourth-order valence-corrected chi connectivity index (χ4v) is 1.91. The van der Waals surface area contributed by atoms with E-state index < -0.39 is 0 Å². The number of para-hydroxylation sites is 1. The minimum absolute atomic E-state index is 0.280. The van der Waals surface area contributed by atoms with Crippen molar-refractivity contribution in [1.29, 1.82) is 0 Å². The molecule has 0 aliphatic heterocycles. The Morgan fingerprint density at radius 3 is 2.78 bits per heavy atom. The molecular formula is C15H23NO2. The van der Waals surface area contributed by atoms with E-state index in [4.69, 9.17) is 9.84 Å². The number of aliphatic hydroxyl groups excluding tert-OH is 1. The lowest BCUT2D eigenvalue weighted by Gasteiger charge is -2.11. The number of hydrogen-bond acceptors (Lipinski definition) is 3. The summed E-state index contributed by atoms with van der Waals surface area (Å²) in [6.45, 7) is 1.92. The van der Waals surface area contributed by atoms with Crippen LogP contribution in [-0.4, -0.2) is 24.4 Å². The summed E-state index contributed by atoms with van der Waals surface area (Å²) in [6.07, 6.45) is 5.52. The van der Waals surface area contributed by atoms with Crippen LogP contribution in [0.25, 0.3) is 0 Å². The van der Waals surface area contributed by atoms with Crippen molar-refractivity contribution in [2.75, 3.05) is 13.2 Å². The third-order valence-electron chi connectivity index (χ3n) is 3.19. The van der Waals surface area contributed by atoms with E-state index in [0.717, 1.165) is 44.2 Å². The van der Waals surface area contributed by atoms with Gasteiger partial charge in [-0.2, -0.15) is 0 Å². The highest BCUT2D eigenvalue weighted by Crippen LogP contribution is 2.22. The van der Waals surface area contributed by atoms with E-state index in [2.05, 4.69) is 17.4 Å². The van der Waals surface area contributed by atoms with E-state index >= 15 is 0 Å². The van der Waals surface area contributed by atoms with Crippen LogP contribution in [0.4, 0.5) is 0 Å². The van der Waals surface area contributed by atoms with Gasteiger partial charge in [-0.25, -0.2) is 0 Å². The maximum absolute atomic E-state index is 8.71. The number of benzene rings is 1. The Kier molecular flexibility index (Phi) is 5.49. The van der Waals surface area contributed by atoms with Gasteiger partial charge in [-0.1, -0.05) is 18.2 Å². The third kappa shape index (κ3) is 4.67. The fraction of sp³-hybridized carbons (Fsp3) is 0.600. The lowest BCUT2D eigenvalue weighted by atomic mass is 10.2. The zero-order chi connectivity index (χ0) is 12.6. The first-order valence-corrected chi connectivity index (χ1v) is 6.95. The van der Waals surface area contributed by atoms with Crippen molar-refractivity contribution in [1.82, 2.24) is 5.32 Å². The monoisotopic (exact) mass is 249 g/mol. The van der Waals surface area contributed by atoms with Gasteiger partial charge in [0.25, 0.3) is 0 Å². The topological polar surface area (TPSA) is 41.5 Å². The smallest absolute Gasteiger partial charge is 0.123 e. The normalized spacial score (nSPS) is 14.7. The first kappa shape index (κ1) is 13.4.